The number of rotatable bonds is 13. The number of benzene rings is 1. The Balaban J connectivity index is 1.69. The van der Waals surface area contributed by atoms with Gasteiger partial charge in [0.2, 0.25) is 0 Å². The van der Waals surface area contributed by atoms with Gasteiger partial charge in [-0.2, -0.15) is 0 Å². The second kappa shape index (κ2) is 11.2. The largest absolute Gasteiger partial charge is 0.480 e. The Kier molecular flexibility index (Phi) is 8.97. The Labute approximate surface area is 168 Å². The Bertz CT molecular complexity index is 612. The van der Waals surface area contributed by atoms with Crippen LogP contribution in [0.15, 0.2) is 24.3 Å². The van der Waals surface area contributed by atoms with Gasteiger partial charge >= 0.3 is 11.9 Å². The predicted octanol–water partition coefficient (Wildman–Crippen LogP) is 4.78. The van der Waals surface area contributed by atoms with E-state index in [4.69, 9.17) is 0 Å². The summed E-state index contributed by atoms with van der Waals surface area (Å²) in [6, 6.07) is 8.49. The molecule has 1 aliphatic rings. The maximum Gasteiger partial charge on any atom is 0.321 e. The zero-order valence-electron chi connectivity index (χ0n) is 17.1. The lowest BCUT2D eigenvalue weighted by Crippen LogP contribution is -2.39. The molecular weight excluding hydrogens is 354 g/mol. The fourth-order valence-electron chi connectivity index (χ4n) is 4.07. The lowest BCUT2D eigenvalue weighted by molar-refractivity contribution is -0.164. The summed E-state index contributed by atoms with van der Waals surface area (Å²) in [4.78, 5) is 22.8. The van der Waals surface area contributed by atoms with Crippen LogP contribution in [0, 0.1) is 5.41 Å². The van der Waals surface area contributed by atoms with Crippen LogP contribution >= 0.6 is 0 Å². The number of nitrogens with one attached hydrogen (secondary N) is 1. The lowest BCUT2D eigenvalue weighted by atomic mass is 9.86. The number of carbonyl (C=O) groups is 2. The van der Waals surface area contributed by atoms with E-state index in [0.717, 1.165) is 12.0 Å². The van der Waals surface area contributed by atoms with Crippen LogP contribution in [0.25, 0.3) is 0 Å². The Hall–Kier alpha value is -1.88. The topological polar surface area (TPSA) is 86.6 Å². The first-order valence-electron chi connectivity index (χ1n) is 10.8. The van der Waals surface area contributed by atoms with Gasteiger partial charge < -0.3 is 15.5 Å². The highest BCUT2D eigenvalue weighted by molar-refractivity contribution is 5.98. The lowest BCUT2D eigenvalue weighted by Gasteiger charge is -2.19. The molecule has 1 atom stereocenters. The van der Waals surface area contributed by atoms with Crippen LogP contribution in [0.2, 0.25) is 0 Å². The van der Waals surface area contributed by atoms with E-state index in [1.165, 1.54) is 50.5 Å². The van der Waals surface area contributed by atoms with Gasteiger partial charge in [0.05, 0.1) is 0 Å². The number of aryl methyl sites for hydroxylation is 1. The van der Waals surface area contributed by atoms with Gasteiger partial charge in [-0.25, -0.2) is 0 Å². The fraction of sp³-hybridized carbons (Fsp3) is 0.652. The molecule has 156 valence electrons. The summed E-state index contributed by atoms with van der Waals surface area (Å²) in [6.45, 7) is 2.88. The zero-order valence-corrected chi connectivity index (χ0v) is 17.1. The highest BCUT2D eigenvalue weighted by Gasteiger charge is 2.51. The van der Waals surface area contributed by atoms with E-state index in [9.17, 15) is 19.8 Å². The summed E-state index contributed by atoms with van der Waals surface area (Å²) in [5.41, 5.74) is 0.873. The third kappa shape index (κ3) is 6.33. The average Bonchev–Trinajstić information content (AvgIpc) is 3.13. The molecule has 1 fully saturated rings. The van der Waals surface area contributed by atoms with Gasteiger partial charge in [0.1, 0.15) is 0 Å². The van der Waals surface area contributed by atoms with Crippen LogP contribution < -0.4 is 5.32 Å². The molecule has 5 heteroatoms. The first-order valence-corrected chi connectivity index (χ1v) is 10.8. The van der Waals surface area contributed by atoms with Gasteiger partial charge in [-0.3, -0.25) is 9.59 Å². The molecule has 28 heavy (non-hydrogen) atoms. The van der Waals surface area contributed by atoms with Crippen molar-refractivity contribution in [3.63, 3.8) is 0 Å². The summed E-state index contributed by atoms with van der Waals surface area (Å²) in [6.07, 6.45) is 11.2. The van der Waals surface area contributed by atoms with Gasteiger partial charge in [0.25, 0.3) is 0 Å². The third-order valence-electron chi connectivity index (χ3n) is 6.02. The van der Waals surface area contributed by atoms with E-state index in [0.29, 0.717) is 13.0 Å². The molecule has 1 aromatic rings. The number of aliphatic carboxylic acids is 2. The highest BCUT2D eigenvalue weighted by atomic mass is 16.4. The van der Waals surface area contributed by atoms with E-state index >= 15 is 0 Å². The van der Waals surface area contributed by atoms with Crippen molar-refractivity contribution in [1.29, 1.82) is 0 Å². The molecule has 0 radical (unpaired) electrons. The smallest absolute Gasteiger partial charge is 0.321 e. The number of carboxylic acids is 2. The molecule has 1 saturated carbocycles. The molecule has 1 aromatic carbocycles. The van der Waals surface area contributed by atoms with Crippen molar-refractivity contribution in [1.82, 2.24) is 5.32 Å². The molecule has 5 nitrogen and oxygen atoms in total. The van der Waals surface area contributed by atoms with E-state index < -0.39 is 17.4 Å². The maximum atomic E-state index is 11.4. The second-order valence-electron chi connectivity index (χ2n) is 8.20. The molecule has 0 heterocycles. The van der Waals surface area contributed by atoms with E-state index in [1.54, 1.807) is 0 Å². The standard InChI is InChI=1S/C23H35NO4/c1-2-3-4-5-6-7-8-9-18-10-12-19(13-11-18)17-24-20-14-15-23(16-20,21(25)26)22(27)28/h10-13,20,24H,2-9,14-17H2,1H3,(H,25,26)(H,27,28). The van der Waals surface area contributed by atoms with Gasteiger partial charge in [-0.15, -0.1) is 0 Å². The van der Waals surface area contributed by atoms with Crippen LogP contribution in [-0.2, 0) is 22.6 Å². The molecule has 3 N–H and O–H groups in total. The number of carboxylic acid groups (broad SMARTS) is 2. The summed E-state index contributed by atoms with van der Waals surface area (Å²) in [7, 11) is 0. The number of unbranched alkanes of at least 4 members (excludes halogenated alkanes) is 6. The first-order chi connectivity index (χ1) is 13.5. The van der Waals surface area contributed by atoms with Crippen LogP contribution in [0.3, 0.4) is 0 Å². The summed E-state index contributed by atoms with van der Waals surface area (Å²) in [5.74, 6) is -2.45. The normalized spacial score (nSPS) is 18.2. The summed E-state index contributed by atoms with van der Waals surface area (Å²) < 4.78 is 0. The van der Waals surface area contributed by atoms with Crippen LogP contribution in [0.1, 0.15) is 82.3 Å². The highest BCUT2D eigenvalue weighted by Crippen LogP contribution is 2.39. The summed E-state index contributed by atoms with van der Waals surface area (Å²) >= 11 is 0. The molecule has 0 bridgehead atoms. The van der Waals surface area contributed by atoms with Crippen molar-refractivity contribution in [2.45, 2.75) is 90.1 Å². The minimum atomic E-state index is -1.63. The Morgan fingerprint density at radius 2 is 1.54 bits per heavy atom. The second-order valence-corrected chi connectivity index (χ2v) is 8.20. The van der Waals surface area contributed by atoms with Crippen molar-refractivity contribution >= 4 is 11.9 Å². The quantitative estimate of drug-likeness (QED) is 0.334. The average molecular weight is 390 g/mol. The molecule has 0 aromatic heterocycles. The van der Waals surface area contributed by atoms with E-state index in [-0.39, 0.29) is 18.9 Å². The van der Waals surface area contributed by atoms with Crippen molar-refractivity contribution in [3.05, 3.63) is 35.4 Å². The van der Waals surface area contributed by atoms with Gasteiger partial charge in [0, 0.05) is 12.6 Å². The van der Waals surface area contributed by atoms with Crippen molar-refractivity contribution in [2.75, 3.05) is 0 Å². The number of hydrogen-bond donors (Lipinski definition) is 3. The van der Waals surface area contributed by atoms with Crippen molar-refractivity contribution < 1.29 is 19.8 Å². The molecule has 1 aliphatic carbocycles. The third-order valence-corrected chi connectivity index (χ3v) is 6.02. The molecular formula is C23H35NO4. The molecule has 0 spiro atoms. The Morgan fingerprint density at radius 3 is 2.11 bits per heavy atom. The monoisotopic (exact) mass is 389 g/mol. The fourth-order valence-corrected chi connectivity index (χ4v) is 4.07. The molecule has 0 amide bonds. The van der Waals surface area contributed by atoms with Crippen LogP contribution in [0.4, 0.5) is 0 Å². The molecule has 0 aliphatic heterocycles. The molecule has 0 saturated heterocycles. The summed E-state index contributed by atoms with van der Waals surface area (Å²) in [5, 5.41) is 21.9. The van der Waals surface area contributed by atoms with Crippen molar-refractivity contribution in [2.24, 2.45) is 5.41 Å². The minimum absolute atomic E-state index is 0.0698. The van der Waals surface area contributed by atoms with Gasteiger partial charge in [-0.1, -0.05) is 69.7 Å². The molecule has 2 rings (SSSR count). The maximum absolute atomic E-state index is 11.4. The molecule has 1 unspecified atom stereocenters. The predicted molar refractivity (Wildman–Crippen MR) is 110 cm³/mol. The Morgan fingerprint density at radius 1 is 0.964 bits per heavy atom. The number of hydrogen-bond acceptors (Lipinski definition) is 3. The van der Waals surface area contributed by atoms with E-state index in [1.807, 2.05) is 0 Å². The SMILES string of the molecule is CCCCCCCCCc1ccc(CNC2CCC(C(=O)O)(C(=O)O)C2)cc1. The van der Waals surface area contributed by atoms with Crippen LogP contribution in [-0.4, -0.2) is 28.2 Å². The van der Waals surface area contributed by atoms with Gasteiger partial charge in [0.15, 0.2) is 5.41 Å². The van der Waals surface area contributed by atoms with E-state index in [2.05, 4.69) is 36.5 Å². The van der Waals surface area contributed by atoms with Gasteiger partial charge in [-0.05, 0) is 43.2 Å². The van der Waals surface area contributed by atoms with Crippen LogP contribution in [0.5, 0.6) is 0 Å². The first kappa shape index (κ1) is 22.4. The zero-order chi connectivity index (χ0) is 20.4. The minimum Gasteiger partial charge on any atom is -0.480 e. The van der Waals surface area contributed by atoms with Crippen molar-refractivity contribution in [3.8, 4) is 0 Å².